The van der Waals surface area contributed by atoms with Crippen LogP contribution >= 0.6 is 12.2 Å². The maximum atomic E-state index is 12.4. The zero-order valence-electron chi connectivity index (χ0n) is 10.9. The first-order valence-electron chi connectivity index (χ1n) is 6.19. The zero-order chi connectivity index (χ0) is 13.9. The number of aromatic nitrogens is 2. The van der Waals surface area contributed by atoms with Crippen molar-refractivity contribution in [2.75, 3.05) is 13.2 Å². The second-order valence-corrected chi connectivity index (χ2v) is 5.16. The Morgan fingerprint density at radius 2 is 2.32 bits per heavy atom. The molecule has 0 aromatic carbocycles. The number of ether oxygens (including phenoxy) is 1. The van der Waals surface area contributed by atoms with E-state index in [4.69, 9.17) is 22.7 Å². The van der Waals surface area contributed by atoms with Crippen molar-refractivity contribution in [3.05, 3.63) is 18.0 Å². The van der Waals surface area contributed by atoms with E-state index in [1.807, 2.05) is 19.3 Å². The van der Waals surface area contributed by atoms with Crippen LogP contribution in [0.3, 0.4) is 0 Å². The number of nitrogens with one attached hydrogen (secondary N) is 1. The van der Waals surface area contributed by atoms with Crippen molar-refractivity contribution in [3.63, 3.8) is 0 Å². The SMILES string of the molecule is Cn1ccc(CNC(=O)C2(C(N)=S)CCOCC2)n1. The molecule has 0 radical (unpaired) electrons. The lowest BCUT2D eigenvalue weighted by atomic mass is 9.79. The van der Waals surface area contributed by atoms with Gasteiger partial charge in [0.25, 0.3) is 0 Å². The Balaban J connectivity index is 2.02. The van der Waals surface area contributed by atoms with Gasteiger partial charge >= 0.3 is 0 Å². The van der Waals surface area contributed by atoms with Gasteiger partial charge in [-0.1, -0.05) is 12.2 Å². The van der Waals surface area contributed by atoms with Gasteiger partial charge in [-0.25, -0.2) is 0 Å². The van der Waals surface area contributed by atoms with Crippen LogP contribution in [0.1, 0.15) is 18.5 Å². The summed E-state index contributed by atoms with van der Waals surface area (Å²) in [7, 11) is 1.83. The fourth-order valence-corrected chi connectivity index (χ4v) is 2.50. The van der Waals surface area contributed by atoms with Crippen molar-refractivity contribution in [2.24, 2.45) is 18.2 Å². The summed E-state index contributed by atoms with van der Waals surface area (Å²) in [5, 5.41) is 7.07. The summed E-state index contributed by atoms with van der Waals surface area (Å²) in [6, 6.07) is 1.86. The molecule has 6 nitrogen and oxygen atoms in total. The van der Waals surface area contributed by atoms with Crippen LogP contribution in [0.2, 0.25) is 0 Å². The molecular weight excluding hydrogens is 264 g/mol. The number of aryl methyl sites for hydroxylation is 1. The third kappa shape index (κ3) is 2.93. The van der Waals surface area contributed by atoms with Gasteiger partial charge in [-0.3, -0.25) is 9.48 Å². The molecule has 0 aliphatic carbocycles. The molecule has 1 aliphatic rings. The summed E-state index contributed by atoms with van der Waals surface area (Å²) in [5.74, 6) is -0.131. The van der Waals surface area contributed by atoms with E-state index in [2.05, 4.69) is 10.4 Å². The van der Waals surface area contributed by atoms with E-state index in [-0.39, 0.29) is 10.9 Å². The van der Waals surface area contributed by atoms with E-state index in [9.17, 15) is 4.79 Å². The molecule has 1 aliphatic heterocycles. The highest BCUT2D eigenvalue weighted by molar-refractivity contribution is 7.80. The Hall–Kier alpha value is -1.47. The van der Waals surface area contributed by atoms with Gasteiger partial charge in [0, 0.05) is 26.5 Å². The van der Waals surface area contributed by atoms with Gasteiger partial charge in [0.2, 0.25) is 5.91 Å². The Morgan fingerprint density at radius 1 is 1.63 bits per heavy atom. The second-order valence-electron chi connectivity index (χ2n) is 4.72. The summed E-state index contributed by atoms with van der Waals surface area (Å²) in [6.07, 6.45) is 2.91. The fraction of sp³-hybridized carbons (Fsp3) is 0.583. The molecule has 0 saturated carbocycles. The molecule has 1 aromatic rings. The molecule has 0 atom stereocenters. The van der Waals surface area contributed by atoms with Crippen molar-refractivity contribution < 1.29 is 9.53 Å². The minimum absolute atomic E-state index is 0.131. The van der Waals surface area contributed by atoms with Gasteiger partial charge in [0.1, 0.15) is 5.41 Å². The molecule has 7 heteroatoms. The van der Waals surface area contributed by atoms with Crippen LogP contribution in [-0.4, -0.2) is 33.9 Å². The summed E-state index contributed by atoms with van der Waals surface area (Å²) in [5.41, 5.74) is 5.80. The summed E-state index contributed by atoms with van der Waals surface area (Å²) < 4.78 is 6.97. The number of nitrogens with two attached hydrogens (primary N) is 1. The van der Waals surface area contributed by atoms with Crippen LogP contribution in [0.4, 0.5) is 0 Å². The molecule has 3 N–H and O–H groups in total. The number of carbonyl (C=O) groups excluding carboxylic acids is 1. The normalized spacial score (nSPS) is 17.9. The first kappa shape index (κ1) is 14.0. The van der Waals surface area contributed by atoms with Gasteiger partial charge in [-0.05, 0) is 18.9 Å². The number of nitrogens with zero attached hydrogens (tertiary/aromatic N) is 2. The van der Waals surface area contributed by atoms with Gasteiger partial charge in [-0.2, -0.15) is 5.10 Å². The molecule has 0 bridgehead atoms. The predicted molar refractivity (Wildman–Crippen MR) is 74.3 cm³/mol. The van der Waals surface area contributed by atoms with E-state index < -0.39 is 5.41 Å². The van der Waals surface area contributed by atoms with Crippen LogP contribution in [0, 0.1) is 5.41 Å². The molecular formula is C12H18N4O2S. The lowest BCUT2D eigenvalue weighted by Gasteiger charge is -2.34. The average Bonchev–Trinajstić information content (AvgIpc) is 2.82. The van der Waals surface area contributed by atoms with Crippen molar-refractivity contribution >= 4 is 23.1 Å². The molecule has 0 spiro atoms. The summed E-state index contributed by atoms with van der Waals surface area (Å²) in [4.78, 5) is 12.6. The Morgan fingerprint density at radius 3 is 2.84 bits per heavy atom. The quantitative estimate of drug-likeness (QED) is 0.767. The molecule has 1 aromatic heterocycles. The minimum Gasteiger partial charge on any atom is -0.392 e. The molecule has 1 saturated heterocycles. The number of hydrogen-bond acceptors (Lipinski definition) is 4. The molecule has 2 heterocycles. The van der Waals surface area contributed by atoms with E-state index in [1.54, 1.807) is 4.68 Å². The van der Waals surface area contributed by atoms with Crippen molar-refractivity contribution in [3.8, 4) is 0 Å². The van der Waals surface area contributed by atoms with Crippen LogP contribution in [0.25, 0.3) is 0 Å². The summed E-state index contributed by atoms with van der Waals surface area (Å²) in [6.45, 7) is 1.40. The molecule has 19 heavy (non-hydrogen) atoms. The maximum Gasteiger partial charge on any atom is 0.233 e. The molecule has 104 valence electrons. The van der Waals surface area contributed by atoms with Gasteiger partial charge < -0.3 is 15.8 Å². The Bertz CT molecular complexity index is 480. The third-order valence-electron chi connectivity index (χ3n) is 3.45. The van der Waals surface area contributed by atoms with Crippen LogP contribution < -0.4 is 11.1 Å². The predicted octanol–water partition coefficient (Wildman–Crippen LogP) is 0.119. The first-order chi connectivity index (χ1) is 9.04. The van der Waals surface area contributed by atoms with Gasteiger partial charge in [0.15, 0.2) is 0 Å². The minimum atomic E-state index is -0.775. The number of carbonyl (C=O) groups is 1. The molecule has 2 rings (SSSR count). The van der Waals surface area contributed by atoms with Crippen LogP contribution in [-0.2, 0) is 23.1 Å². The number of hydrogen-bond donors (Lipinski definition) is 2. The van der Waals surface area contributed by atoms with E-state index in [0.29, 0.717) is 32.6 Å². The zero-order valence-corrected chi connectivity index (χ0v) is 11.7. The van der Waals surface area contributed by atoms with Crippen LogP contribution in [0.15, 0.2) is 12.3 Å². The van der Waals surface area contributed by atoms with E-state index in [1.165, 1.54) is 0 Å². The molecule has 0 unspecified atom stereocenters. The monoisotopic (exact) mass is 282 g/mol. The maximum absolute atomic E-state index is 12.4. The van der Waals surface area contributed by atoms with E-state index >= 15 is 0 Å². The lowest BCUT2D eigenvalue weighted by molar-refractivity contribution is -0.131. The van der Waals surface area contributed by atoms with Gasteiger partial charge in [0.05, 0.1) is 17.2 Å². The third-order valence-corrected chi connectivity index (χ3v) is 3.84. The summed E-state index contributed by atoms with van der Waals surface area (Å²) >= 11 is 5.08. The number of rotatable bonds is 4. The highest BCUT2D eigenvalue weighted by Gasteiger charge is 2.42. The Kier molecular flexibility index (Phi) is 4.16. The standard InChI is InChI=1S/C12H18N4O2S/c1-16-5-2-9(15-16)8-14-11(17)12(10(13)19)3-6-18-7-4-12/h2,5H,3-4,6-8H2,1H3,(H2,13,19)(H,14,17). The van der Waals surface area contributed by atoms with Gasteiger partial charge in [-0.15, -0.1) is 0 Å². The van der Waals surface area contributed by atoms with Crippen molar-refractivity contribution in [1.82, 2.24) is 15.1 Å². The molecule has 1 amide bonds. The molecule has 1 fully saturated rings. The number of thiocarbonyl (C=S) groups is 1. The fourth-order valence-electron chi connectivity index (χ4n) is 2.20. The average molecular weight is 282 g/mol. The topological polar surface area (TPSA) is 82.2 Å². The largest absolute Gasteiger partial charge is 0.392 e. The smallest absolute Gasteiger partial charge is 0.233 e. The second kappa shape index (κ2) is 5.66. The van der Waals surface area contributed by atoms with E-state index in [0.717, 1.165) is 5.69 Å². The Labute approximate surface area is 117 Å². The highest BCUT2D eigenvalue weighted by Crippen LogP contribution is 2.31. The first-order valence-corrected chi connectivity index (χ1v) is 6.60. The van der Waals surface area contributed by atoms with Crippen molar-refractivity contribution in [1.29, 1.82) is 0 Å². The van der Waals surface area contributed by atoms with Crippen LogP contribution in [0.5, 0.6) is 0 Å². The van der Waals surface area contributed by atoms with Crippen molar-refractivity contribution in [2.45, 2.75) is 19.4 Å². The highest BCUT2D eigenvalue weighted by atomic mass is 32.1. The number of amides is 1. The lowest BCUT2D eigenvalue weighted by Crippen LogP contribution is -2.51.